The highest BCUT2D eigenvalue weighted by atomic mass is 32.2. The van der Waals surface area contributed by atoms with Gasteiger partial charge in [-0.05, 0) is 43.7 Å². The van der Waals surface area contributed by atoms with Crippen LogP contribution < -0.4 is 15.0 Å². The van der Waals surface area contributed by atoms with E-state index in [1.807, 2.05) is 32.0 Å². The predicted octanol–water partition coefficient (Wildman–Crippen LogP) is 4.07. The van der Waals surface area contributed by atoms with Gasteiger partial charge >= 0.3 is 0 Å². The highest BCUT2D eigenvalue weighted by molar-refractivity contribution is 7.99. The standard InChI is InChI=1S/C21H20N2O4S/c1-3-13(2)23-20(25)15-6-4-5-7-16(15)22-21(23)28-11-17(24)14-8-9-18-19(10-14)27-12-26-18/h4-10,13H,3,11-12H2,1-2H3/t13-/m0/s1. The minimum Gasteiger partial charge on any atom is -0.454 e. The van der Waals surface area contributed by atoms with Crippen LogP contribution in [0, 0.1) is 0 Å². The van der Waals surface area contributed by atoms with Crippen molar-refractivity contribution in [3.05, 3.63) is 58.4 Å². The lowest BCUT2D eigenvalue weighted by Gasteiger charge is -2.18. The van der Waals surface area contributed by atoms with Crippen LogP contribution in [0.15, 0.2) is 52.4 Å². The zero-order valence-electron chi connectivity index (χ0n) is 15.7. The van der Waals surface area contributed by atoms with Crippen molar-refractivity contribution in [2.24, 2.45) is 0 Å². The van der Waals surface area contributed by atoms with E-state index < -0.39 is 0 Å². The molecule has 1 aliphatic heterocycles. The van der Waals surface area contributed by atoms with Crippen LogP contribution in [-0.2, 0) is 0 Å². The number of carbonyl (C=O) groups excluding carboxylic acids is 1. The van der Waals surface area contributed by atoms with Crippen LogP contribution in [0.2, 0.25) is 0 Å². The number of carbonyl (C=O) groups is 1. The molecule has 6 nitrogen and oxygen atoms in total. The molecular weight excluding hydrogens is 376 g/mol. The maximum atomic E-state index is 13.0. The quantitative estimate of drug-likeness (QED) is 0.355. The summed E-state index contributed by atoms with van der Waals surface area (Å²) in [4.78, 5) is 30.3. The van der Waals surface area contributed by atoms with Gasteiger partial charge in [0.15, 0.2) is 22.4 Å². The highest BCUT2D eigenvalue weighted by Crippen LogP contribution is 2.33. The van der Waals surface area contributed by atoms with E-state index in [0.717, 1.165) is 6.42 Å². The molecule has 0 N–H and O–H groups in total. The highest BCUT2D eigenvalue weighted by Gasteiger charge is 2.19. The number of Topliss-reactive ketones (excluding diaryl/α,β-unsaturated/α-hetero) is 1. The van der Waals surface area contributed by atoms with Gasteiger partial charge in [-0.2, -0.15) is 0 Å². The molecule has 0 amide bonds. The molecule has 0 saturated heterocycles. The summed E-state index contributed by atoms with van der Waals surface area (Å²) in [6, 6.07) is 12.5. The van der Waals surface area contributed by atoms with Crippen molar-refractivity contribution < 1.29 is 14.3 Å². The second kappa shape index (κ2) is 7.67. The van der Waals surface area contributed by atoms with Crippen LogP contribution in [0.3, 0.4) is 0 Å². The summed E-state index contributed by atoms with van der Waals surface area (Å²) in [5.74, 6) is 1.35. The molecule has 0 radical (unpaired) electrons. The molecule has 28 heavy (non-hydrogen) atoms. The molecule has 1 aliphatic rings. The van der Waals surface area contributed by atoms with Gasteiger partial charge in [0.1, 0.15) is 0 Å². The lowest BCUT2D eigenvalue weighted by molar-refractivity contribution is 0.102. The maximum absolute atomic E-state index is 13.0. The summed E-state index contributed by atoms with van der Waals surface area (Å²) in [5.41, 5.74) is 1.12. The number of hydrogen-bond donors (Lipinski definition) is 0. The molecule has 0 saturated carbocycles. The van der Waals surface area contributed by atoms with Crippen LogP contribution >= 0.6 is 11.8 Å². The zero-order chi connectivity index (χ0) is 19.7. The first-order chi connectivity index (χ1) is 13.6. The lowest BCUT2D eigenvalue weighted by atomic mass is 10.1. The fourth-order valence-electron chi connectivity index (χ4n) is 3.08. The van der Waals surface area contributed by atoms with Crippen LogP contribution in [-0.4, -0.2) is 27.9 Å². The van der Waals surface area contributed by atoms with E-state index in [2.05, 4.69) is 4.98 Å². The first-order valence-electron chi connectivity index (χ1n) is 9.15. The van der Waals surface area contributed by atoms with Gasteiger partial charge in [-0.3, -0.25) is 14.2 Å². The van der Waals surface area contributed by atoms with E-state index in [9.17, 15) is 9.59 Å². The third kappa shape index (κ3) is 3.38. The number of nitrogens with zero attached hydrogens (tertiary/aromatic N) is 2. The van der Waals surface area contributed by atoms with Gasteiger partial charge in [0, 0.05) is 11.6 Å². The summed E-state index contributed by atoms with van der Waals surface area (Å²) < 4.78 is 12.3. The van der Waals surface area contributed by atoms with Gasteiger partial charge in [-0.25, -0.2) is 4.98 Å². The first-order valence-corrected chi connectivity index (χ1v) is 10.1. The number of hydrogen-bond acceptors (Lipinski definition) is 6. The Bertz CT molecular complexity index is 1110. The van der Waals surface area contributed by atoms with Crippen LogP contribution in [0.25, 0.3) is 10.9 Å². The summed E-state index contributed by atoms with van der Waals surface area (Å²) in [7, 11) is 0. The van der Waals surface area contributed by atoms with Crippen molar-refractivity contribution in [1.29, 1.82) is 0 Å². The zero-order valence-corrected chi connectivity index (χ0v) is 16.5. The summed E-state index contributed by atoms with van der Waals surface area (Å²) in [6.45, 7) is 4.18. The fourth-order valence-corrected chi connectivity index (χ4v) is 4.07. The van der Waals surface area contributed by atoms with Crippen molar-refractivity contribution >= 4 is 28.4 Å². The monoisotopic (exact) mass is 396 g/mol. The Morgan fingerprint density at radius 1 is 1.21 bits per heavy atom. The summed E-state index contributed by atoms with van der Waals surface area (Å²) in [5, 5.41) is 1.15. The lowest BCUT2D eigenvalue weighted by Crippen LogP contribution is -2.26. The third-order valence-corrected chi connectivity index (χ3v) is 5.79. The molecule has 144 valence electrons. The van der Waals surface area contributed by atoms with Gasteiger partial charge in [0.05, 0.1) is 16.7 Å². The van der Waals surface area contributed by atoms with Gasteiger partial charge in [-0.15, -0.1) is 0 Å². The van der Waals surface area contributed by atoms with E-state index in [1.54, 1.807) is 28.8 Å². The number of fused-ring (bicyclic) bond motifs is 2. The molecular formula is C21H20N2O4S. The molecule has 2 aromatic carbocycles. The van der Waals surface area contributed by atoms with E-state index >= 15 is 0 Å². The Morgan fingerprint density at radius 3 is 2.82 bits per heavy atom. The Balaban J connectivity index is 1.63. The Morgan fingerprint density at radius 2 is 2.00 bits per heavy atom. The predicted molar refractivity (Wildman–Crippen MR) is 109 cm³/mol. The Labute approximate surface area is 166 Å². The molecule has 2 heterocycles. The second-order valence-corrected chi connectivity index (χ2v) is 7.57. The van der Waals surface area contributed by atoms with Gasteiger partial charge in [0.25, 0.3) is 5.56 Å². The molecule has 0 aliphatic carbocycles. The van der Waals surface area contributed by atoms with Crippen molar-refractivity contribution in [3.8, 4) is 11.5 Å². The molecule has 0 unspecified atom stereocenters. The van der Waals surface area contributed by atoms with Crippen molar-refractivity contribution in [2.75, 3.05) is 12.5 Å². The topological polar surface area (TPSA) is 70.4 Å². The summed E-state index contributed by atoms with van der Waals surface area (Å²) in [6.07, 6.45) is 0.795. The SMILES string of the molecule is CC[C@H](C)n1c(SCC(=O)c2ccc3c(c2)OCO3)nc2ccccc2c1=O. The number of aromatic nitrogens is 2. The molecule has 0 fully saturated rings. The van der Waals surface area contributed by atoms with E-state index in [4.69, 9.17) is 9.47 Å². The normalized spacial score (nSPS) is 13.6. The molecule has 1 aromatic heterocycles. The van der Waals surface area contributed by atoms with Crippen LogP contribution in [0.4, 0.5) is 0 Å². The van der Waals surface area contributed by atoms with Gasteiger partial charge in [-0.1, -0.05) is 30.8 Å². The van der Waals surface area contributed by atoms with E-state index in [0.29, 0.717) is 33.1 Å². The molecule has 0 spiro atoms. The van der Waals surface area contributed by atoms with Gasteiger partial charge in [0.2, 0.25) is 6.79 Å². The number of rotatable bonds is 6. The summed E-state index contributed by atoms with van der Waals surface area (Å²) >= 11 is 1.29. The fraction of sp³-hybridized carbons (Fsp3) is 0.286. The largest absolute Gasteiger partial charge is 0.454 e. The van der Waals surface area contributed by atoms with Crippen molar-refractivity contribution in [3.63, 3.8) is 0 Å². The molecule has 1 atom stereocenters. The van der Waals surface area contributed by atoms with E-state index in [-0.39, 0.29) is 29.9 Å². The number of thioether (sulfide) groups is 1. The van der Waals surface area contributed by atoms with E-state index in [1.165, 1.54) is 11.8 Å². The van der Waals surface area contributed by atoms with Crippen LogP contribution in [0.1, 0.15) is 36.7 Å². The molecule has 4 rings (SSSR count). The Kier molecular flexibility index (Phi) is 5.09. The minimum atomic E-state index is -0.0713. The number of para-hydroxylation sites is 1. The average molecular weight is 396 g/mol. The maximum Gasteiger partial charge on any atom is 0.262 e. The van der Waals surface area contributed by atoms with Crippen LogP contribution in [0.5, 0.6) is 11.5 Å². The van der Waals surface area contributed by atoms with Crippen molar-refractivity contribution in [1.82, 2.24) is 9.55 Å². The second-order valence-electron chi connectivity index (χ2n) is 6.62. The molecule has 7 heteroatoms. The molecule has 0 bridgehead atoms. The number of benzene rings is 2. The number of ketones is 1. The van der Waals surface area contributed by atoms with Crippen molar-refractivity contribution in [2.45, 2.75) is 31.5 Å². The number of ether oxygens (including phenoxy) is 2. The van der Waals surface area contributed by atoms with Gasteiger partial charge < -0.3 is 9.47 Å². The molecule has 3 aromatic rings. The Hall–Kier alpha value is -2.80. The smallest absolute Gasteiger partial charge is 0.262 e. The average Bonchev–Trinajstić information content (AvgIpc) is 3.19. The first kappa shape index (κ1) is 18.6. The minimum absolute atomic E-state index is 0.00671. The third-order valence-electron chi connectivity index (χ3n) is 4.83.